The zero-order chi connectivity index (χ0) is 17.9. The maximum Gasteiger partial charge on any atom is 0.277 e. The van der Waals surface area contributed by atoms with Gasteiger partial charge in [0.05, 0.1) is 5.75 Å². The zero-order valence-electron chi connectivity index (χ0n) is 14.4. The number of carbonyl (C=O) groups is 1. The molecule has 0 saturated heterocycles. The third-order valence-corrected chi connectivity index (χ3v) is 5.59. The lowest BCUT2D eigenvalue weighted by molar-refractivity contribution is -0.127. The molecule has 0 aliphatic heterocycles. The van der Waals surface area contributed by atoms with Crippen LogP contribution in [0.25, 0.3) is 11.5 Å². The number of carbonyl (C=O) groups excluding carboxylic acids is 1. The molecule has 1 amide bonds. The van der Waals surface area contributed by atoms with E-state index in [9.17, 15) is 4.79 Å². The topological polar surface area (TPSA) is 59.2 Å². The SMILES string of the molecule is O=C(CSc1nnc(-c2cccc(Cl)c2)o1)N(C1=CCCCC1)C1CC1. The Bertz CT molecular complexity index is 832. The molecule has 1 fully saturated rings. The summed E-state index contributed by atoms with van der Waals surface area (Å²) in [6, 6.07) is 7.66. The summed E-state index contributed by atoms with van der Waals surface area (Å²) in [5.41, 5.74) is 1.98. The van der Waals surface area contributed by atoms with E-state index in [-0.39, 0.29) is 5.91 Å². The molecule has 1 aromatic carbocycles. The van der Waals surface area contributed by atoms with Crippen molar-refractivity contribution in [1.82, 2.24) is 15.1 Å². The van der Waals surface area contributed by atoms with Gasteiger partial charge in [0.15, 0.2) is 0 Å². The first kappa shape index (κ1) is 17.6. The van der Waals surface area contributed by atoms with Crippen LogP contribution in [-0.2, 0) is 4.79 Å². The maximum absolute atomic E-state index is 12.8. The largest absolute Gasteiger partial charge is 0.411 e. The van der Waals surface area contributed by atoms with E-state index in [0.717, 1.165) is 31.2 Å². The van der Waals surface area contributed by atoms with Gasteiger partial charge in [-0.2, -0.15) is 0 Å². The van der Waals surface area contributed by atoms with Gasteiger partial charge in [-0.15, -0.1) is 10.2 Å². The number of nitrogens with zero attached hydrogens (tertiary/aromatic N) is 3. The lowest BCUT2D eigenvalue weighted by Crippen LogP contribution is -2.34. The zero-order valence-corrected chi connectivity index (χ0v) is 15.9. The molecule has 136 valence electrons. The molecule has 0 unspecified atom stereocenters. The molecule has 1 heterocycles. The van der Waals surface area contributed by atoms with Crippen LogP contribution in [0.1, 0.15) is 38.5 Å². The summed E-state index contributed by atoms with van der Waals surface area (Å²) in [4.78, 5) is 14.8. The number of thioether (sulfide) groups is 1. The number of rotatable bonds is 6. The summed E-state index contributed by atoms with van der Waals surface area (Å²) in [6.07, 6.45) is 8.91. The third-order valence-electron chi connectivity index (χ3n) is 4.55. The Morgan fingerprint density at radius 3 is 2.92 bits per heavy atom. The Balaban J connectivity index is 1.40. The van der Waals surface area contributed by atoms with E-state index in [4.69, 9.17) is 16.0 Å². The van der Waals surface area contributed by atoms with E-state index in [1.807, 2.05) is 17.0 Å². The summed E-state index contributed by atoms with van der Waals surface area (Å²) < 4.78 is 5.67. The minimum Gasteiger partial charge on any atom is -0.411 e. The molecule has 0 spiro atoms. The fourth-order valence-corrected chi connectivity index (χ4v) is 3.98. The average Bonchev–Trinajstić information content (AvgIpc) is 3.37. The van der Waals surface area contributed by atoms with Crippen molar-refractivity contribution in [2.75, 3.05) is 5.75 Å². The number of halogens is 1. The van der Waals surface area contributed by atoms with Gasteiger partial charge >= 0.3 is 0 Å². The predicted molar refractivity (Wildman–Crippen MR) is 102 cm³/mol. The van der Waals surface area contributed by atoms with Gasteiger partial charge in [-0.05, 0) is 56.7 Å². The number of benzene rings is 1. The van der Waals surface area contributed by atoms with Gasteiger partial charge in [0, 0.05) is 22.3 Å². The molecule has 2 aliphatic carbocycles. The highest BCUT2D eigenvalue weighted by Gasteiger charge is 2.35. The Morgan fingerprint density at radius 1 is 1.31 bits per heavy atom. The van der Waals surface area contributed by atoms with E-state index in [1.165, 1.54) is 30.3 Å². The number of amides is 1. The Labute approximate surface area is 161 Å². The van der Waals surface area contributed by atoms with Crippen LogP contribution in [0.2, 0.25) is 5.02 Å². The van der Waals surface area contributed by atoms with Crippen LogP contribution in [0.15, 0.2) is 45.7 Å². The summed E-state index contributed by atoms with van der Waals surface area (Å²) >= 11 is 7.29. The first-order chi connectivity index (χ1) is 12.7. The molecule has 2 aromatic rings. The quantitative estimate of drug-likeness (QED) is 0.655. The molecule has 2 aliphatic rings. The molecule has 0 N–H and O–H groups in total. The summed E-state index contributed by atoms with van der Waals surface area (Å²) in [5, 5.41) is 9.12. The monoisotopic (exact) mass is 389 g/mol. The van der Waals surface area contributed by atoms with Crippen LogP contribution in [0.4, 0.5) is 0 Å². The Morgan fingerprint density at radius 2 is 2.19 bits per heavy atom. The predicted octanol–water partition coefficient (Wildman–Crippen LogP) is 4.93. The van der Waals surface area contributed by atoms with Crippen molar-refractivity contribution < 1.29 is 9.21 Å². The van der Waals surface area contributed by atoms with E-state index in [0.29, 0.717) is 27.9 Å². The average molecular weight is 390 g/mol. The molecule has 7 heteroatoms. The Hall–Kier alpha value is -1.79. The molecule has 0 bridgehead atoms. The van der Waals surface area contributed by atoms with Crippen LogP contribution in [0, 0.1) is 0 Å². The van der Waals surface area contributed by atoms with Crippen LogP contribution in [0.3, 0.4) is 0 Å². The van der Waals surface area contributed by atoms with Gasteiger partial charge in [0.2, 0.25) is 11.8 Å². The van der Waals surface area contributed by atoms with Gasteiger partial charge in [-0.3, -0.25) is 4.79 Å². The minimum absolute atomic E-state index is 0.133. The summed E-state index contributed by atoms with van der Waals surface area (Å²) in [6.45, 7) is 0. The van der Waals surface area contributed by atoms with Crippen molar-refractivity contribution >= 4 is 29.3 Å². The molecule has 0 atom stereocenters. The molecule has 26 heavy (non-hydrogen) atoms. The van der Waals surface area contributed by atoms with Gasteiger partial charge in [-0.25, -0.2) is 0 Å². The fraction of sp³-hybridized carbons (Fsp3) is 0.421. The summed E-state index contributed by atoms with van der Waals surface area (Å²) in [7, 11) is 0. The third kappa shape index (κ3) is 4.13. The maximum atomic E-state index is 12.8. The second-order valence-corrected chi connectivity index (χ2v) is 7.97. The van der Waals surface area contributed by atoms with Crippen molar-refractivity contribution in [3.63, 3.8) is 0 Å². The molecule has 5 nitrogen and oxygen atoms in total. The van der Waals surface area contributed by atoms with Crippen molar-refractivity contribution in [3.8, 4) is 11.5 Å². The molecular weight excluding hydrogens is 370 g/mol. The lowest BCUT2D eigenvalue weighted by atomic mass is 10.0. The molecule has 0 radical (unpaired) electrons. The van der Waals surface area contributed by atoms with Crippen LogP contribution in [-0.4, -0.2) is 32.8 Å². The van der Waals surface area contributed by atoms with Crippen molar-refractivity contribution in [2.45, 2.75) is 49.8 Å². The number of aromatic nitrogens is 2. The summed E-state index contributed by atoms with van der Waals surface area (Å²) in [5.74, 6) is 0.857. The van der Waals surface area contributed by atoms with Crippen molar-refractivity contribution in [1.29, 1.82) is 0 Å². The highest BCUT2D eigenvalue weighted by Crippen LogP contribution is 2.34. The molecule has 1 saturated carbocycles. The minimum atomic E-state index is 0.133. The van der Waals surface area contributed by atoms with Crippen LogP contribution in [0.5, 0.6) is 0 Å². The second-order valence-electron chi connectivity index (χ2n) is 6.61. The van der Waals surface area contributed by atoms with Gasteiger partial charge in [0.25, 0.3) is 5.22 Å². The Kier molecular flexibility index (Phi) is 5.31. The highest BCUT2D eigenvalue weighted by molar-refractivity contribution is 7.99. The van der Waals surface area contributed by atoms with Gasteiger partial charge in [0.1, 0.15) is 0 Å². The fourth-order valence-electron chi connectivity index (χ4n) is 3.17. The number of hydrogen-bond acceptors (Lipinski definition) is 5. The first-order valence-corrected chi connectivity index (χ1v) is 10.3. The normalized spacial score (nSPS) is 17.0. The second kappa shape index (κ2) is 7.84. The van der Waals surface area contributed by atoms with Gasteiger partial charge < -0.3 is 9.32 Å². The first-order valence-electron chi connectivity index (χ1n) is 8.94. The smallest absolute Gasteiger partial charge is 0.277 e. The number of hydrogen-bond donors (Lipinski definition) is 0. The van der Waals surface area contributed by atoms with E-state index < -0.39 is 0 Å². The van der Waals surface area contributed by atoms with E-state index >= 15 is 0 Å². The standard InChI is InChI=1S/C19H20ClN3O2S/c20-14-6-4-5-13(11-14)18-21-22-19(25-18)26-12-17(24)23(16-9-10-16)15-7-2-1-3-8-15/h4-7,11,16H,1-3,8-10,12H2. The molecule has 4 rings (SSSR count). The van der Waals surface area contributed by atoms with Crippen LogP contribution < -0.4 is 0 Å². The van der Waals surface area contributed by atoms with Gasteiger partial charge in [-0.1, -0.05) is 35.5 Å². The molecule has 1 aromatic heterocycles. The highest BCUT2D eigenvalue weighted by atomic mass is 35.5. The van der Waals surface area contributed by atoms with E-state index in [2.05, 4.69) is 16.3 Å². The molecular formula is C19H20ClN3O2S. The van der Waals surface area contributed by atoms with Crippen LogP contribution >= 0.6 is 23.4 Å². The number of allylic oxidation sites excluding steroid dienone is 2. The lowest BCUT2D eigenvalue weighted by Gasteiger charge is -2.27. The van der Waals surface area contributed by atoms with E-state index in [1.54, 1.807) is 12.1 Å². The van der Waals surface area contributed by atoms with Crippen molar-refractivity contribution in [3.05, 3.63) is 41.1 Å². The van der Waals surface area contributed by atoms with Crippen molar-refractivity contribution in [2.24, 2.45) is 0 Å².